The SMILES string of the molecule is CC1=NC[C@H](c2nc(C(C)(C)C)cs2)OC1. The fraction of sp³-hybridized carbons (Fsp3) is 0.667. The molecule has 0 spiro atoms. The number of aromatic nitrogens is 1. The Labute approximate surface area is 101 Å². The van der Waals surface area contributed by atoms with Crippen LogP contribution in [-0.2, 0) is 10.2 Å². The molecule has 0 unspecified atom stereocenters. The monoisotopic (exact) mass is 238 g/mol. The second-order valence-corrected chi connectivity index (χ2v) is 6.09. The molecule has 0 bridgehead atoms. The van der Waals surface area contributed by atoms with E-state index in [4.69, 9.17) is 4.74 Å². The van der Waals surface area contributed by atoms with Gasteiger partial charge in [0.05, 0.1) is 18.8 Å². The number of ether oxygens (including phenoxy) is 1. The van der Waals surface area contributed by atoms with Gasteiger partial charge in [-0.25, -0.2) is 4.98 Å². The van der Waals surface area contributed by atoms with Gasteiger partial charge in [0.15, 0.2) is 0 Å². The maximum atomic E-state index is 5.72. The molecule has 0 saturated heterocycles. The Morgan fingerprint density at radius 2 is 2.19 bits per heavy atom. The van der Waals surface area contributed by atoms with E-state index in [2.05, 4.69) is 36.1 Å². The largest absolute Gasteiger partial charge is 0.363 e. The molecule has 0 N–H and O–H groups in total. The van der Waals surface area contributed by atoms with Gasteiger partial charge in [-0.3, -0.25) is 4.99 Å². The first-order chi connectivity index (χ1) is 7.47. The van der Waals surface area contributed by atoms with Gasteiger partial charge in [-0.1, -0.05) is 20.8 Å². The highest BCUT2D eigenvalue weighted by atomic mass is 32.1. The lowest BCUT2D eigenvalue weighted by atomic mass is 9.93. The van der Waals surface area contributed by atoms with Gasteiger partial charge in [0.2, 0.25) is 0 Å². The predicted molar refractivity (Wildman–Crippen MR) is 67.5 cm³/mol. The molecule has 1 aromatic heterocycles. The third-order valence-electron chi connectivity index (χ3n) is 2.59. The van der Waals surface area contributed by atoms with E-state index in [0.717, 1.165) is 16.4 Å². The molecule has 1 aliphatic rings. The van der Waals surface area contributed by atoms with Crippen LogP contribution in [0.5, 0.6) is 0 Å². The maximum absolute atomic E-state index is 5.72. The molecule has 2 heterocycles. The van der Waals surface area contributed by atoms with Crippen LogP contribution in [0.15, 0.2) is 10.4 Å². The molecule has 88 valence electrons. The second kappa shape index (κ2) is 4.26. The van der Waals surface area contributed by atoms with Crippen molar-refractivity contribution in [1.82, 2.24) is 4.98 Å². The molecular weight excluding hydrogens is 220 g/mol. The minimum absolute atomic E-state index is 0.0600. The summed E-state index contributed by atoms with van der Waals surface area (Å²) in [5.74, 6) is 0. The zero-order valence-electron chi connectivity index (χ0n) is 10.3. The summed E-state index contributed by atoms with van der Waals surface area (Å²) in [7, 11) is 0. The normalized spacial score (nSPS) is 22.0. The Morgan fingerprint density at radius 3 is 2.69 bits per heavy atom. The third kappa shape index (κ3) is 2.50. The number of thiazole rings is 1. The van der Waals surface area contributed by atoms with Gasteiger partial charge in [-0.15, -0.1) is 11.3 Å². The Morgan fingerprint density at radius 1 is 1.44 bits per heavy atom. The lowest BCUT2D eigenvalue weighted by molar-refractivity contribution is 0.0789. The highest BCUT2D eigenvalue weighted by molar-refractivity contribution is 7.09. The molecule has 0 aliphatic carbocycles. The number of aliphatic imine (C=N–C) groups is 1. The summed E-state index contributed by atoms with van der Waals surface area (Å²) in [4.78, 5) is 9.07. The van der Waals surface area contributed by atoms with Gasteiger partial charge >= 0.3 is 0 Å². The number of hydrogen-bond donors (Lipinski definition) is 0. The zero-order valence-corrected chi connectivity index (χ0v) is 11.1. The average molecular weight is 238 g/mol. The zero-order chi connectivity index (χ0) is 11.8. The van der Waals surface area contributed by atoms with Crippen LogP contribution >= 0.6 is 11.3 Å². The number of hydrogen-bond acceptors (Lipinski definition) is 4. The van der Waals surface area contributed by atoms with Crippen LogP contribution in [0.4, 0.5) is 0 Å². The van der Waals surface area contributed by atoms with Crippen LogP contribution in [0.25, 0.3) is 0 Å². The predicted octanol–water partition coefficient (Wildman–Crippen LogP) is 2.97. The molecular formula is C12H18N2OS. The summed E-state index contributed by atoms with van der Waals surface area (Å²) < 4.78 is 5.72. The molecule has 3 nitrogen and oxygen atoms in total. The van der Waals surface area contributed by atoms with Crippen molar-refractivity contribution in [2.75, 3.05) is 13.2 Å². The summed E-state index contributed by atoms with van der Waals surface area (Å²) in [5.41, 5.74) is 2.33. The Hall–Kier alpha value is -0.740. The van der Waals surface area contributed by atoms with E-state index in [0.29, 0.717) is 13.2 Å². The molecule has 0 aromatic carbocycles. The molecule has 1 aliphatic heterocycles. The van der Waals surface area contributed by atoms with E-state index in [1.165, 1.54) is 0 Å². The van der Waals surface area contributed by atoms with E-state index < -0.39 is 0 Å². The van der Waals surface area contributed by atoms with Crippen LogP contribution in [0.2, 0.25) is 0 Å². The van der Waals surface area contributed by atoms with Crippen molar-refractivity contribution in [3.63, 3.8) is 0 Å². The van der Waals surface area contributed by atoms with Crippen molar-refractivity contribution in [3.05, 3.63) is 16.1 Å². The van der Waals surface area contributed by atoms with Crippen LogP contribution in [-0.4, -0.2) is 23.8 Å². The van der Waals surface area contributed by atoms with Crippen molar-refractivity contribution in [2.24, 2.45) is 4.99 Å². The Kier molecular flexibility index (Phi) is 3.13. The molecule has 16 heavy (non-hydrogen) atoms. The molecule has 0 fully saturated rings. The molecule has 1 atom stereocenters. The lowest BCUT2D eigenvalue weighted by Crippen LogP contribution is -2.20. The van der Waals surface area contributed by atoms with Crippen LogP contribution in [0, 0.1) is 0 Å². The lowest BCUT2D eigenvalue weighted by Gasteiger charge is -2.19. The van der Waals surface area contributed by atoms with Gasteiger partial charge in [0.1, 0.15) is 11.1 Å². The van der Waals surface area contributed by atoms with E-state index in [1.807, 2.05) is 6.92 Å². The van der Waals surface area contributed by atoms with Gasteiger partial charge in [0, 0.05) is 16.5 Å². The van der Waals surface area contributed by atoms with Crippen molar-refractivity contribution < 1.29 is 4.74 Å². The van der Waals surface area contributed by atoms with Gasteiger partial charge < -0.3 is 4.74 Å². The van der Waals surface area contributed by atoms with Crippen molar-refractivity contribution >= 4 is 17.0 Å². The second-order valence-electron chi connectivity index (χ2n) is 5.20. The summed E-state index contributed by atoms with van der Waals surface area (Å²) in [6, 6.07) is 0. The fourth-order valence-electron chi connectivity index (χ4n) is 1.49. The molecule has 0 radical (unpaired) electrons. The molecule has 2 rings (SSSR count). The summed E-state index contributed by atoms with van der Waals surface area (Å²) in [6.45, 7) is 9.87. The van der Waals surface area contributed by atoms with Crippen molar-refractivity contribution in [2.45, 2.75) is 39.2 Å². The summed E-state index contributed by atoms with van der Waals surface area (Å²) in [5, 5.41) is 3.19. The van der Waals surface area contributed by atoms with E-state index >= 15 is 0 Å². The van der Waals surface area contributed by atoms with Crippen molar-refractivity contribution in [1.29, 1.82) is 0 Å². The number of nitrogens with zero attached hydrogens (tertiary/aromatic N) is 2. The first kappa shape index (κ1) is 11.7. The van der Waals surface area contributed by atoms with Crippen LogP contribution < -0.4 is 0 Å². The highest BCUT2D eigenvalue weighted by Gasteiger charge is 2.23. The topological polar surface area (TPSA) is 34.5 Å². The molecule has 4 heteroatoms. The summed E-state index contributed by atoms with van der Waals surface area (Å²) >= 11 is 1.68. The molecule has 0 amide bonds. The number of rotatable bonds is 1. The van der Waals surface area contributed by atoms with E-state index in [-0.39, 0.29) is 11.5 Å². The molecule has 1 aromatic rings. The van der Waals surface area contributed by atoms with Crippen molar-refractivity contribution in [3.8, 4) is 0 Å². The first-order valence-electron chi connectivity index (χ1n) is 5.54. The third-order valence-corrected chi connectivity index (χ3v) is 3.52. The minimum Gasteiger partial charge on any atom is -0.363 e. The minimum atomic E-state index is 0.0600. The Bertz CT molecular complexity index is 403. The molecule has 0 saturated carbocycles. The Balaban J connectivity index is 2.14. The standard InChI is InChI=1S/C12H18N2OS/c1-8-6-15-9(5-13-8)11-14-10(7-16-11)12(2,3)4/h7,9H,5-6H2,1-4H3/t9-/m1/s1. The average Bonchev–Trinajstić information content (AvgIpc) is 2.67. The van der Waals surface area contributed by atoms with Gasteiger partial charge in [0.25, 0.3) is 0 Å². The smallest absolute Gasteiger partial charge is 0.129 e. The first-order valence-corrected chi connectivity index (χ1v) is 6.42. The highest BCUT2D eigenvalue weighted by Crippen LogP contribution is 2.29. The summed E-state index contributed by atoms with van der Waals surface area (Å²) in [6.07, 6.45) is 0.0600. The van der Waals surface area contributed by atoms with E-state index in [1.54, 1.807) is 11.3 Å². The fourth-order valence-corrected chi connectivity index (χ4v) is 2.57. The quantitative estimate of drug-likeness (QED) is 0.754. The van der Waals surface area contributed by atoms with Gasteiger partial charge in [-0.05, 0) is 6.92 Å². The maximum Gasteiger partial charge on any atom is 0.129 e. The van der Waals surface area contributed by atoms with Crippen LogP contribution in [0.3, 0.4) is 0 Å². The van der Waals surface area contributed by atoms with Crippen LogP contribution in [0.1, 0.15) is 44.5 Å². The van der Waals surface area contributed by atoms with E-state index in [9.17, 15) is 0 Å². The van der Waals surface area contributed by atoms with Gasteiger partial charge in [-0.2, -0.15) is 0 Å².